The predicted octanol–water partition coefficient (Wildman–Crippen LogP) is 2.18. The molecule has 0 atom stereocenters. The molecule has 0 aliphatic rings. The molecule has 3 aromatic rings. The summed E-state index contributed by atoms with van der Waals surface area (Å²) in [5.74, 6) is 1.23. The van der Waals surface area contributed by atoms with Gasteiger partial charge >= 0.3 is 0 Å². The van der Waals surface area contributed by atoms with Crippen molar-refractivity contribution < 1.29 is 23.2 Å². The van der Waals surface area contributed by atoms with Gasteiger partial charge in [-0.25, -0.2) is 4.98 Å². The molecule has 8 nitrogen and oxygen atoms in total. The van der Waals surface area contributed by atoms with Gasteiger partial charge in [-0.1, -0.05) is 11.2 Å². The van der Waals surface area contributed by atoms with Gasteiger partial charge in [-0.2, -0.15) is 0 Å². The van der Waals surface area contributed by atoms with Gasteiger partial charge in [-0.15, -0.1) is 0 Å². The van der Waals surface area contributed by atoms with Crippen LogP contribution in [0, 0.1) is 0 Å². The SMILES string of the molecule is COc1cccc(OCc2nc(C(=O)NCc3ccon3)co2)c1. The molecule has 0 unspecified atom stereocenters. The number of oxazole rings is 1. The fourth-order valence-corrected chi connectivity index (χ4v) is 1.91. The molecule has 0 spiro atoms. The number of ether oxygens (including phenoxy) is 2. The van der Waals surface area contributed by atoms with Crippen LogP contribution in [0.3, 0.4) is 0 Å². The number of carbonyl (C=O) groups excluding carboxylic acids is 1. The number of methoxy groups -OCH3 is 1. The number of hydrogen-bond donors (Lipinski definition) is 1. The highest BCUT2D eigenvalue weighted by molar-refractivity contribution is 5.91. The van der Waals surface area contributed by atoms with Gasteiger partial charge in [0.25, 0.3) is 5.91 Å². The first-order valence-electron chi connectivity index (χ1n) is 7.13. The predicted molar refractivity (Wildman–Crippen MR) is 81.5 cm³/mol. The summed E-state index contributed by atoms with van der Waals surface area (Å²) in [5, 5.41) is 6.36. The largest absolute Gasteiger partial charge is 0.497 e. The van der Waals surface area contributed by atoms with E-state index in [4.69, 9.17) is 13.9 Å². The third kappa shape index (κ3) is 3.92. The number of rotatable bonds is 7. The van der Waals surface area contributed by atoms with E-state index in [0.717, 1.165) is 0 Å². The van der Waals surface area contributed by atoms with Crippen LogP contribution < -0.4 is 14.8 Å². The molecule has 1 N–H and O–H groups in total. The molecule has 124 valence electrons. The molecule has 8 heteroatoms. The second kappa shape index (κ2) is 7.32. The van der Waals surface area contributed by atoms with Crippen molar-refractivity contribution in [3.8, 4) is 11.5 Å². The molecule has 1 aromatic carbocycles. The van der Waals surface area contributed by atoms with Crippen LogP contribution in [0.25, 0.3) is 0 Å². The molecule has 0 radical (unpaired) electrons. The Morgan fingerprint density at radius 2 is 2.17 bits per heavy atom. The summed E-state index contributed by atoms with van der Waals surface area (Å²) in [4.78, 5) is 16.1. The first-order valence-corrected chi connectivity index (χ1v) is 7.13. The molecule has 2 heterocycles. The smallest absolute Gasteiger partial charge is 0.273 e. The van der Waals surface area contributed by atoms with E-state index in [1.54, 1.807) is 25.3 Å². The summed E-state index contributed by atoms with van der Waals surface area (Å²) in [6.07, 6.45) is 2.72. The van der Waals surface area contributed by atoms with Crippen LogP contribution >= 0.6 is 0 Å². The lowest BCUT2D eigenvalue weighted by Gasteiger charge is -2.05. The summed E-state index contributed by atoms with van der Waals surface area (Å²) >= 11 is 0. The zero-order valence-electron chi connectivity index (χ0n) is 12.9. The van der Waals surface area contributed by atoms with Crippen LogP contribution in [-0.2, 0) is 13.2 Å². The Morgan fingerprint density at radius 3 is 2.96 bits per heavy atom. The highest BCUT2D eigenvalue weighted by Crippen LogP contribution is 2.19. The number of nitrogens with zero attached hydrogens (tertiary/aromatic N) is 2. The second-order valence-electron chi connectivity index (χ2n) is 4.77. The normalized spacial score (nSPS) is 10.4. The highest BCUT2D eigenvalue weighted by Gasteiger charge is 2.13. The van der Waals surface area contributed by atoms with Gasteiger partial charge in [0, 0.05) is 12.1 Å². The number of hydrogen-bond acceptors (Lipinski definition) is 7. The van der Waals surface area contributed by atoms with Crippen LogP contribution in [0.2, 0.25) is 0 Å². The second-order valence-corrected chi connectivity index (χ2v) is 4.77. The minimum Gasteiger partial charge on any atom is -0.497 e. The number of nitrogens with one attached hydrogen (secondary N) is 1. The molecule has 2 aromatic heterocycles. The molecular formula is C16H15N3O5. The Bertz CT molecular complexity index is 798. The number of benzene rings is 1. The zero-order chi connectivity index (χ0) is 16.8. The van der Waals surface area contributed by atoms with E-state index in [1.807, 2.05) is 12.1 Å². The maximum Gasteiger partial charge on any atom is 0.273 e. The van der Waals surface area contributed by atoms with E-state index < -0.39 is 0 Å². The van der Waals surface area contributed by atoms with Crippen molar-refractivity contribution in [2.24, 2.45) is 0 Å². The molecule has 0 saturated heterocycles. The van der Waals surface area contributed by atoms with Crippen LogP contribution in [0.5, 0.6) is 11.5 Å². The third-order valence-electron chi connectivity index (χ3n) is 3.11. The Morgan fingerprint density at radius 1 is 1.29 bits per heavy atom. The molecule has 0 saturated carbocycles. The third-order valence-corrected chi connectivity index (χ3v) is 3.11. The first-order chi connectivity index (χ1) is 11.7. The van der Waals surface area contributed by atoms with E-state index in [-0.39, 0.29) is 24.8 Å². The van der Waals surface area contributed by atoms with E-state index in [9.17, 15) is 4.79 Å². The van der Waals surface area contributed by atoms with Crippen LogP contribution in [0.4, 0.5) is 0 Å². The van der Waals surface area contributed by atoms with Crippen molar-refractivity contribution in [1.29, 1.82) is 0 Å². The van der Waals surface area contributed by atoms with Crippen LogP contribution in [0.15, 0.2) is 51.8 Å². The molecule has 0 aliphatic carbocycles. The Hall–Kier alpha value is -3.29. The highest BCUT2D eigenvalue weighted by atomic mass is 16.5. The summed E-state index contributed by atoms with van der Waals surface area (Å²) < 4.78 is 20.6. The van der Waals surface area contributed by atoms with Crippen LogP contribution in [0.1, 0.15) is 22.1 Å². The lowest BCUT2D eigenvalue weighted by Crippen LogP contribution is -2.23. The van der Waals surface area contributed by atoms with Crippen molar-refractivity contribution in [2.75, 3.05) is 7.11 Å². The average Bonchev–Trinajstić information content (AvgIpc) is 3.30. The molecule has 0 fully saturated rings. The molecule has 1 amide bonds. The van der Waals surface area contributed by atoms with E-state index >= 15 is 0 Å². The average molecular weight is 329 g/mol. The summed E-state index contributed by atoms with van der Waals surface area (Å²) in [5.41, 5.74) is 0.788. The minimum absolute atomic E-state index is 0.101. The molecule has 0 bridgehead atoms. The van der Waals surface area contributed by atoms with E-state index in [2.05, 4.69) is 20.0 Å². The maximum atomic E-state index is 12.0. The number of aromatic nitrogens is 2. The van der Waals surface area contributed by atoms with Gasteiger partial charge in [-0.05, 0) is 12.1 Å². The Kier molecular flexibility index (Phi) is 4.76. The van der Waals surface area contributed by atoms with Crippen molar-refractivity contribution in [2.45, 2.75) is 13.2 Å². The lowest BCUT2D eigenvalue weighted by atomic mass is 10.3. The fraction of sp³-hybridized carbons (Fsp3) is 0.188. The topological polar surface area (TPSA) is 99.6 Å². The Balaban J connectivity index is 1.53. The van der Waals surface area contributed by atoms with Gasteiger partial charge in [0.1, 0.15) is 29.7 Å². The van der Waals surface area contributed by atoms with Gasteiger partial charge in [-0.3, -0.25) is 4.79 Å². The standard InChI is InChI=1S/C16H15N3O5/c1-21-12-3-2-4-13(7-12)22-10-15-18-14(9-23-15)16(20)17-8-11-5-6-24-19-11/h2-7,9H,8,10H2,1H3,(H,17,20). The fourth-order valence-electron chi connectivity index (χ4n) is 1.91. The number of carbonyl (C=O) groups is 1. The van der Waals surface area contributed by atoms with Gasteiger partial charge < -0.3 is 23.7 Å². The van der Waals surface area contributed by atoms with Gasteiger partial charge in [0.2, 0.25) is 5.89 Å². The van der Waals surface area contributed by atoms with Crippen molar-refractivity contribution >= 4 is 5.91 Å². The monoisotopic (exact) mass is 329 g/mol. The van der Waals surface area contributed by atoms with Crippen molar-refractivity contribution in [3.63, 3.8) is 0 Å². The lowest BCUT2D eigenvalue weighted by molar-refractivity contribution is 0.0945. The maximum absolute atomic E-state index is 12.0. The summed E-state index contributed by atoms with van der Waals surface area (Å²) in [7, 11) is 1.58. The molecule has 3 rings (SSSR count). The van der Waals surface area contributed by atoms with E-state index in [1.165, 1.54) is 12.5 Å². The van der Waals surface area contributed by atoms with Crippen LogP contribution in [-0.4, -0.2) is 23.2 Å². The molecule has 0 aliphatic heterocycles. The number of amides is 1. The van der Waals surface area contributed by atoms with E-state index in [0.29, 0.717) is 23.1 Å². The zero-order valence-corrected chi connectivity index (χ0v) is 12.9. The van der Waals surface area contributed by atoms with Crippen molar-refractivity contribution in [3.05, 3.63) is 60.1 Å². The summed E-state index contributed by atoms with van der Waals surface area (Å²) in [6, 6.07) is 8.82. The first kappa shape index (κ1) is 15.6. The van der Waals surface area contributed by atoms with Gasteiger partial charge in [0.05, 0.1) is 13.7 Å². The summed E-state index contributed by atoms with van der Waals surface area (Å²) in [6.45, 7) is 0.349. The van der Waals surface area contributed by atoms with Crippen molar-refractivity contribution in [1.82, 2.24) is 15.5 Å². The molecule has 24 heavy (non-hydrogen) atoms. The quantitative estimate of drug-likeness (QED) is 0.709. The van der Waals surface area contributed by atoms with Gasteiger partial charge in [0.15, 0.2) is 12.3 Å². The minimum atomic E-state index is -0.366. The molecular weight excluding hydrogens is 314 g/mol. The Labute approximate surface area is 137 Å².